The molecule has 0 fully saturated rings. The van der Waals surface area contributed by atoms with Crippen LogP contribution >= 0.6 is 11.8 Å². The molecular formula is C12H13N5S. The van der Waals surface area contributed by atoms with E-state index in [1.807, 2.05) is 23.9 Å². The van der Waals surface area contributed by atoms with Crippen LogP contribution in [0.5, 0.6) is 0 Å². The maximum absolute atomic E-state index is 4.63. The molecule has 0 atom stereocenters. The van der Waals surface area contributed by atoms with Gasteiger partial charge < -0.3 is 8.97 Å². The topological polar surface area (TPSA) is 48.0 Å². The summed E-state index contributed by atoms with van der Waals surface area (Å²) >= 11 is 1.64. The van der Waals surface area contributed by atoms with Gasteiger partial charge in [-0.15, -0.1) is 10.2 Å². The summed E-state index contributed by atoms with van der Waals surface area (Å²) in [6.45, 7) is 2.07. The second-order valence-electron chi connectivity index (χ2n) is 4.17. The predicted molar refractivity (Wildman–Crippen MR) is 70.5 cm³/mol. The second kappa shape index (κ2) is 4.45. The lowest BCUT2D eigenvalue weighted by atomic mass is 10.3. The molecule has 0 unspecified atom stereocenters. The van der Waals surface area contributed by atoms with Gasteiger partial charge in [0.05, 0.1) is 5.69 Å². The Labute approximate surface area is 109 Å². The molecule has 3 rings (SSSR count). The van der Waals surface area contributed by atoms with E-state index in [0.717, 1.165) is 22.3 Å². The van der Waals surface area contributed by atoms with Crippen LogP contribution in [-0.2, 0) is 12.8 Å². The lowest BCUT2D eigenvalue weighted by Crippen LogP contribution is -1.89. The largest absolute Gasteiger partial charge is 0.312 e. The maximum atomic E-state index is 4.63. The summed E-state index contributed by atoms with van der Waals surface area (Å²) in [6, 6.07) is 4.10. The maximum Gasteiger partial charge on any atom is 0.191 e. The standard InChI is InChI=1S/C12H13N5S/c1-9-4-3-5-17-6-10(14-11(9)17)7-18-12-15-13-8-16(12)2/h3-6,8H,7H2,1-2H3. The van der Waals surface area contributed by atoms with Crippen molar-refractivity contribution >= 4 is 17.4 Å². The summed E-state index contributed by atoms with van der Waals surface area (Å²) in [5.41, 5.74) is 3.26. The molecule has 0 aliphatic rings. The Hall–Kier alpha value is -1.82. The van der Waals surface area contributed by atoms with Crippen molar-refractivity contribution in [2.24, 2.45) is 7.05 Å². The van der Waals surface area contributed by atoms with E-state index < -0.39 is 0 Å². The smallest absolute Gasteiger partial charge is 0.191 e. The molecule has 0 spiro atoms. The predicted octanol–water partition coefficient (Wildman–Crippen LogP) is 2.06. The lowest BCUT2D eigenvalue weighted by molar-refractivity contribution is 0.788. The van der Waals surface area contributed by atoms with Crippen molar-refractivity contribution in [1.82, 2.24) is 24.1 Å². The molecule has 0 radical (unpaired) electrons. The highest BCUT2D eigenvalue weighted by atomic mass is 32.2. The highest BCUT2D eigenvalue weighted by molar-refractivity contribution is 7.98. The number of aryl methyl sites for hydroxylation is 2. The summed E-state index contributed by atoms with van der Waals surface area (Å²) in [4.78, 5) is 4.63. The van der Waals surface area contributed by atoms with Gasteiger partial charge in [-0.25, -0.2) is 4.98 Å². The van der Waals surface area contributed by atoms with Gasteiger partial charge in [-0.3, -0.25) is 0 Å². The van der Waals surface area contributed by atoms with E-state index in [1.54, 1.807) is 18.1 Å². The van der Waals surface area contributed by atoms with E-state index in [9.17, 15) is 0 Å². The minimum absolute atomic E-state index is 0.799. The molecule has 0 bridgehead atoms. The average molecular weight is 259 g/mol. The SMILES string of the molecule is Cc1cccn2cc(CSc3nncn3C)nc12. The molecule has 0 aliphatic carbocycles. The summed E-state index contributed by atoms with van der Waals surface area (Å²) in [5, 5.41) is 8.81. The van der Waals surface area contributed by atoms with Gasteiger partial charge in [0.25, 0.3) is 0 Å². The van der Waals surface area contributed by atoms with Crippen LogP contribution in [0.4, 0.5) is 0 Å². The van der Waals surface area contributed by atoms with Crippen LogP contribution in [0.3, 0.4) is 0 Å². The van der Waals surface area contributed by atoms with Crippen molar-refractivity contribution < 1.29 is 0 Å². The van der Waals surface area contributed by atoms with E-state index in [2.05, 4.69) is 38.8 Å². The third-order valence-corrected chi connectivity index (χ3v) is 3.81. The number of thioether (sulfide) groups is 1. The molecule has 6 heteroatoms. The Kier molecular flexibility index (Phi) is 2.79. The zero-order valence-corrected chi connectivity index (χ0v) is 11.1. The van der Waals surface area contributed by atoms with Crippen molar-refractivity contribution in [2.75, 3.05) is 0 Å². The minimum Gasteiger partial charge on any atom is -0.312 e. The zero-order valence-electron chi connectivity index (χ0n) is 10.2. The van der Waals surface area contributed by atoms with Crippen molar-refractivity contribution in [2.45, 2.75) is 17.8 Å². The first-order valence-electron chi connectivity index (χ1n) is 5.64. The van der Waals surface area contributed by atoms with Gasteiger partial charge in [0.15, 0.2) is 5.16 Å². The van der Waals surface area contributed by atoms with Crippen molar-refractivity contribution in [3.05, 3.63) is 42.1 Å². The first-order chi connectivity index (χ1) is 8.74. The molecule has 0 amide bonds. The Balaban J connectivity index is 1.83. The van der Waals surface area contributed by atoms with Crippen LogP contribution in [0, 0.1) is 6.92 Å². The molecular weight excluding hydrogens is 246 g/mol. The van der Waals surface area contributed by atoms with Gasteiger partial charge in [0.2, 0.25) is 0 Å². The highest BCUT2D eigenvalue weighted by Crippen LogP contribution is 2.20. The van der Waals surface area contributed by atoms with Crippen LogP contribution in [0.1, 0.15) is 11.3 Å². The Morgan fingerprint density at radius 3 is 3.00 bits per heavy atom. The zero-order chi connectivity index (χ0) is 12.5. The number of rotatable bonds is 3. The van der Waals surface area contributed by atoms with E-state index in [4.69, 9.17) is 0 Å². The highest BCUT2D eigenvalue weighted by Gasteiger charge is 2.06. The van der Waals surface area contributed by atoms with Crippen molar-refractivity contribution in [3.8, 4) is 0 Å². The van der Waals surface area contributed by atoms with E-state index in [-0.39, 0.29) is 0 Å². The fourth-order valence-electron chi connectivity index (χ4n) is 1.82. The summed E-state index contributed by atoms with van der Waals surface area (Å²) in [5.74, 6) is 0.799. The lowest BCUT2D eigenvalue weighted by Gasteiger charge is -1.96. The normalized spacial score (nSPS) is 11.2. The molecule has 3 aromatic heterocycles. The van der Waals surface area contributed by atoms with Crippen LogP contribution in [0.15, 0.2) is 36.0 Å². The first-order valence-corrected chi connectivity index (χ1v) is 6.62. The van der Waals surface area contributed by atoms with E-state index in [0.29, 0.717) is 0 Å². The molecule has 0 saturated heterocycles. The van der Waals surface area contributed by atoms with Gasteiger partial charge >= 0.3 is 0 Å². The van der Waals surface area contributed by atoms with Crippen molar-refractivity contribution in [1.29, 1.82) is 0 Å². The van der Waals surface area contributed by atoms with Gasteiger partial charge in [-0.05, 0) is 18.6 Å². The number of fused-ring (bicyclic) bond motifs is 1. The van der Waals surface area contributed by atoms with Crippen LogP contribution in [0.25, 0.3) is 5.65 Å². The molecule has 0 N–H and O–H groups in total. The third-order valence-electron chi connectivity index (χ3n) is 2.75. The molecule has 3 heterocycles. The van der Waals surface area contributed by atoms with Crippen molar-refractivity contribution in [3.63, 3.8) is 0 Å². The Bertz CT molecular complexity index is 685. The minimum atomic E-state index is 0.799. The van der Waals surface area contributed by atoms with Crippen LogP contribution < -0.4 is 0 Å². The third kappa shape index (κ3) is 1.99. The van der Waals surface area contributed by atoms with E-state index >= 15 is 0 Å². The van der Waals surface area contributed by atoms with Gasteiger partial charge in [-0.1, -0.05) is 17.8 Å². The number of hydrogen-bond acceptors (Lipinski definition) is 4. The van der Waals surface area contributed by atoms with Crippen LogP contribution in [0.2, 0.25) is 0 Å². The Morgan fingerprint density at radius 1 is 1.39 bits per heavy atom. The number of pyridine rings is 1. The van der Waals surface area contributed by atoms with Gasteiger partial charge in [0.1, 0.15) is 12.0 Å². The number of hydrogen-bond donors (Lipinski definition) is 0. The molecule has 5 nitrogen and oxygen atoms in total. The van der Waals surface area contributed by atoms with Gasteiger partial charge in [0, 0.05) is 25.2 Å². The average Bonchev–Trinajstić information content (AvgIpc) is 2.93. The quantitative estimate of drug-likeness (QED) is 0.676. The monoisotopic (exact) mass is 259 g/mol. The van der Waals surface area contributed by atoms with E-state index in [1.165, 1.54) is 5.56 Å². The summed E-state index contributed by atoms with van der Waals surface area (Å²) in [6.07, 6.45) is 5.79. The summed E-state index contributed by atoms with van der Waals surface area (Å²) in [7, 11) is 1.94. The number of nitrogens with zero attached hydrogens (tertiary/aromatic N) is 5. The van der Waals surface area contributed by atoms with Crippen LogP contribution in [-0.4, -0.2) is 24.1 Å². The first kappa shape index (κ1) is 11.3. The Morgan fingerprint density at radius 2 is 2.28 bits per heavy atom. The molecule has 0 saturated carbocycles. The summed E-state index contributed by atoms with van der Waals surface area (Å²) < 4.78 is 3.97. The fourth-order valence-corrected chi connectivity index (χ4v) is 2.59. The molecule has 92 valence electrons. The number of aromatic nitrogens is 5. The molecule has 3 aromatic rings. The molecule has 0 aromatic carbocycles. The second-order valence-corrected chi connectivity index (χ2v) is 5.11. The fraction of sp³-hybridized carbons (Fsp3) is 0.250. The molecule has 0 aliphatic heterocycles. The molecule has 18 heavy (non-hydrogen) atoms. The van der Waals surface area contributed by atoms with Gasteiger partial charge in [-0.2, -0.15) is 0 Å². The number of imidazole rings is 1.